The lowest BCUT2D eigenvalue weighted by atomic mass is 10.0. The van der Waals surface area contributed by atoms with E-state index in [1.165, 1.54) is 13.0 Å². The average molecular weight is 318 g/mol. The van der Waals surface area contributed by atoms with E-state index < -0.39 is 0 Å². The number of carbonyl (C=O) groups is 2. The Morgan fingerprint density at radius 3 is 2.78 bits per heavy atom. The maximum absolute atomic E-state index is 12.8. The van der Waals surface area contributed by atoms with Crippen molar-refractivity contribution in [2.45, 2.75) is 52.5 Å². The van der Waals surface area contributed by atoms with Crippen LogP contribution in [0.2, 0.25) is 0 Å². The lowest BCUT2D eigenvalue weighted by Crippen LogP contribution is -2.35. The number of benzene rings is 1. The molecule has 5 heteroatoms. The van der Waals surface area contributed by atoms with Crippen molar-refractivity contribution in [2.75, 3.05) is 11.9 Å². The number of hydrogen-bond donors (Lipinski definition) is 2. The molecule has 1 aliphatic heterocycles. The summed E-state index contributed by atoms with van der Waals surface area (Å²) in [5.74, 6) is 0.216. The van der Waals surface area contributed by atoms with E-state index in [1.807, 2.05) is 4.90 Å². The Bertz CT molecular complexity index is 584. The van der Waals surface area contributed by atoms with Crippen LogP contribution >= 0.6 is 0 Å². The Labute approximate surface area is 137 Å². The number of likely N-dealkylation sites (tertiary alicyclic amines) is 1. The molecule has 1 fully saturated rings. The summed E-state index contributed by atoms with van der Waals surface area (Å²) >= 11 is 0. The third-order valence-corrected chi connectivity index (χ3v) is 4.26. The van der Waals surface area contributed by atoms with Crippen LogP contribution in [-0.2, 0) is 4.79 Å². The molecule has 0 aliphatic carbocycles. The number of phenols is 1. The average Bonchev–Trinajstić information content (AvgIpc) is 2.94. The van der Waals surface area contributed by atoms with Crippen LogP contribution in [0.15, 0.2) is 18.2 Å². The van der Waals surface area contributed by atoms with Crippen LogP contribution in [0.25, 0.3) is 0 Å². The largest absolute Gasteiger partial charge is 0.507 e. The minimum atomic E-state index is -0.204. The quantitative estimate of drug-likeness (QED) is 0.818. The van der Waals surface area contributed by atoms with E-state index in [1.54, 1.807) is 12.1 Å². The summed E-state index contributed by atoms with van der Waals surface area (Å²) in [6.07, 6.45) is 4.10. The fourth-order valence-electron chi connectivity index (χ4n) is 3.07. The van der Waals surface area contributed by atoms with Gasteiger partial charge in [0.2, 0.25) is 5.91 Å². The molecule has 23 heavy (non-hydrogen) atoms. The van der Waals surface area contributed by atoms with Crippen LogP contribution in [0.1, 0.15) is 56.8 Å². The van der Waals surface area contributed by atoms with E-state index >= 15 is 0 Å². The van der Waals surface area contributed by atoms with E-state index in [0.29, 0.717) is 11.6 Å². The van der Waals surface area contributed by atoms with Crippen molar-refractivity contribution in [1.82, 2.24) is 4.90 Å². The monoisotopic (exact) mass is 318 g/mol. The summed E-state index contributed by atoms with van der Waals surface area (Å²) in [6, 6.07) is 4.84. The van der Waals surface area contributed by atoms with Crippen molar-refractivity contribution in [3.63, 3.8) is 0 Å². The fraction of sp³-hybridized carbons (Fsp3) is 0.556. The highest BCUT2D eigenvalue weighted by molar-refractivity contribution is 5.99. The number of aromatic hydroxyl groups is 1. The molecule has 2 N–H and O–H groups in total. The normalized spacial score (nSPS) is 17.6. The molecule has 2 rings (SSSR count). The molecule has 1 saturated heterocycles. The van der Waals surface area contributed by atoms with Gasteiger partial charge in [-0.15, -0.1) is 0 Å². The molecule has 0 radical (unpaired) electrons. The first-order chi connectivity index (χ1) is 10.9. The van der Waals surface area contributed by atoms with Crippen LogP contribution in [-0.4, -0.2) is 34.4 Å². The van der Waals surface area contributed by atoms with Gasteiger partial charge in [-0.25, -0.2) is 0 Å². The van der Waals surface area contributed by atoms with Gasteiger partial charge >= 0.3 is 0 Å². The summed E-state index contributed by atoms with van der Waals surface area (Å²) in [5, 5.41) is 12.7. The van der Waals surface area contributed by atoms with Gasteiger partial charge in [-0.2, -0.15) is 0 Å². The predicted molar refractivity (Wildman–Crippen MR) is 90.5 cm³/mol. The summed E-state index contributed by atoms with van der Waals surface area (Å²) in [7, 11) is 0. The zero-order valence-electron chi connectivity index (χ0n) is 14.1. The molecule has 0 saturated carbocycles. The highest BCUT2D eigenvalue weighted by atomic mass is 16.3. The van der Waals surface area contributed by atoms with E-state index in [-0.39, 0.29) is 29.2 Å². The maximum Gasteiger partial charge on any atom is 0.257 e. The molecular weight excluding hydrogens is 292 g/mol. The first kappa shape index (κ1) is 17.3. The fourth-order valence-corrected chi connectivity index (χ4v) is 3.07. The van der Waals surface area contributed by atoms with E-state index in [0.717, 1.165) is 32.2 Å². The molecule has 1 atom stereocenters. The van der Waals surface area contributed by atoms with Crippen molar-refractivity contribution >= 4 is 17.5 Å². The lowest BCUT2D eigenvalue weighted by molar-refractivity contribution is -0.114. The Hall–Kier alpha value is -2.04. The van der Waals surface area contributed by atoms with Crippen molar-refractivity contribution < 1.29 is 14.7 Å². The van der Waals surface area contributed by atoms with Gasteiger partial charge in [0.15, 0.2) is 0 Å². The van der Waals surface area contributed by atoms with Gasteiger partial charge in [0, 0.05) is 25.2 Å². The molecule has 2 amide bonds. The molecule has 0 unspecified atom stereocenters. The molecule has 1 aromatic carbocycles. The van der Waals surface area contributed by atoms with Gasteiger partial charge in [-0.3, -0.25) is 9.59 Å². The Morgan fingerprint density at radius 2 is 2.13 bits per heavy atom. The second-order valence-electron chi connectivity index (χ2n) is 6.68. The van der Waals surface area contributed by atoms with Gasteiger partial charge in [-0.1, -0.05) is 13.8 Å². The first-order valence-electron chi connectivity index (χ1n) is 8.30. The lowest BCUT2D eigenvalue weighted by Gasteiger charge is -2.26. The smallest absolute Gasteiger partial charge is 0.257 e. The SMILES string of the molecule is CC(=O)Nc1ccc(O)c(C(=O)N2CCC[C@@H]2CCC(C)C)c1. The van der Waals surface area contributed by atoms with Gasteiger partial charge in [0.1, 0.15) is 5.75 Å². The summed E-state index contributed by atoms with van der Waals surface area (Å²) in [4.78, 5) is 25.9. The second-order valence-corrected chi connectivity index (χ2v) is 6.68. The van der Waals surface area contributed by atoms with Crippen LogP contribution in [0, 0.1) is 5.92 Å². The third kappa shape index (κ3) is 4.47. The van der Waals surface area contributed by atoms with Gasteiger partial charge in [-0.05, 0) is 49.8 Å². The summed E-state index contributed by atoms with van der Waals surface area (Å²) in [6.45, 7) is 6.51. The van der Waals surface area contributed by atoms with Gasteiger partial charge in [0.25, 0.3) is 5.91 Å². The van der Waals surface area contributed by atoms with Crippen molar-refractivity contribution in [3.8, 4) is 5.75 Å². The van der Waals surface area contributed by atoms with E-state index in [2.05, 4.69) is 19.2 Å². The molecule has 126 valence electrons. The summed E-state index contributed by atoms with van der Waals surface area (Å²) < 4.78 is 0. The highest BCUT2D eigenvalue weighted by Crippen LogP contribution is 2.29. The zero-order chi connectivity index (χ0) is 17.0. The number of phenolic OH excluding ortho intramolecular Hbond substituents is 1. The standard InChI is InChI=1S/C18H26N2O3/c1-12(2)6-8-15-5-4-10-20(15)18(23)16-11-14(19-13(3)21)7-9-17(16)22/h7,9,11-12,15,22H,4-6,8,10H2,1-3H3,(H,19,21)/t15-/m1/s1. The van der Waals surface area contributed by atoms with Gasteiger partial charge < -0.3 is 15.3 Å². The molecule has 1 aromatic rings. The molecule has 5 nitrogen and oxygen atoms in total. The number of rotatable bonds is 5. The molecule has 1 heterocycles. The van der Waals surface area contributed by atoms with Crippen LogP contribution < -0.4 is 5.32 Å². The minimum Gasteiger partial charge on any atom is -0.507 e. The molecule has 0 aromatic heterocycles. The predicted octanol–water partition coefficient (Wildman–Crippen LogP) is 3.39. The topological polar surface area (TPSA) is 69.6 Å². The van der Waals surface area contributed by atoms with Crippen molar-refractivity contribution in [1.29, 1.82) is 0 Å². The third-order valence-electron chi connectivity index (χ3n) is 4.26. The van der Waals surface area contributed by atoms with Crippen molar-refractivity contribution in [2.24, 2.45) is 5.92 Å². The molecule has 0 bridgehead atoms. The maximum atomic E-state index is 12.8. The van der Waals surface area contributed by atoms with Crippen LogP contribution in [0.3, 0.4) is 0 Å². The van der Waals surface area contributed by atoms with Crippen LogP contribution in [0.4, 0.5) is 5.69 Å². The van der Waals surface area contributed by atoms with Gasteiger partial charge in [0.05, 0.1) is 5.56 Å². The summed E-state index contributed by atoms with van der Waals surface area (Å²) in [5.41, 5.74) is 0.782. The number of nitrogens with zero attached hydrogens (tertiary/aromatic N) is 1. The van der Waals surface area contributed by atoms with Crippen molar-refractivity contribution in [3.05, 3.63) is 23.8 Å². The molecule has 0 spiro atoms. The minimum absolute atomic E-state index is 0.0430. The first-order valence-corrected chi connectivity index (χ1v) is 8.30. The number of anilines is 1. The molecular formula is C18H26N2O3. The zero-order valence-corrected chi connectivity index (χ0v) is 14.1. The second kappa shape index (κ2) is 7.49. The molecule has 1 aliphatic rings. The van der Waals surface area contributed by atoms with E-state index in [9.17, 15) is 14.7 Å². The number of nitrogens with one attached hydrogen (secondary N) is 1. The number of hydrogen-bond acceptors (Lipinski definition) is 3. The highest BCUT2D eigenvalue weighted by Gasteiger charge is 2.30. The Morgan fingerprint density at radius 1 is 1.39 bits per heavy atom. The van der Waals surface area contributed by atoms with Crippen LogP contribution in [0.5, 0.6) is 5.75 Å². The Balaban J connectivity index is 2.16. The van der Waals surface area contributed by atoms with E-state index in [4.69, 9.17) is 0 Å². The number of carbonyl (C=O) groups excluding carboxylic acids is 2. The number of amides is 2. The Kier molecular flexibility index (Phi) is 5.64.